The third-order valence-corrected chi connectivity index (χ3v) is 2.95. The van der Waals surface area contributed by atoms with Gasteiger partial charge in [0.05, 0.1) is 12.1 Å². The van der Waals surface area contributed by atoms with Gasteiger partial charge in [0.2, 0.25) is 5.91 Å². The summed E-state index contributed by atoms with van der Waals surface area (Å²) in [6.07, 6.45) is 0. The van der Waals surface area contributed by atoms with Gasteiger partial charge in [-0.15, -0.1) is 0 Å². The maximum atomic E-state index is 13.3. The SMILES string of the molecule is Cc1ccc(NC(=O)CN2CC(C)(O)C2)cc1F. The number of nitrogens with zero attached hydrogens (tertiary/aromatic N) is 1. The van der Waals surface area contributed by atoms with E-state index in [-0.39, 0.29) is 18.3 Å². The molecule has 0 spiro atoms. The lowest BCUT2D eigenvalue weighted by molar-refractivity contribution is -0.125. The van der Waals surface area contributed by atoms with Gasteiger partial charge in [0, 0.05) is 18.8 Å². The summed E-state index contributed by atoms with van der Waals surface area (Å²) in [5.41, 5.74) is 0.318. The lowest BCUT2D eigenvalue weighted by Crippen LogP contribution is -2.61. The number of hydrogen-bond donors (Lipinski definition) is 2. The smallest absolute Gasteiger partial charge is 0.238 e. The number of amides is 1. The maximum Gasteiger partial charge on any atom is 0.238 e. The molecule has 0 atom stereocenters. The molecular formula is C13H17FN2O2. The number of nitrogens with one attached hydrogen (secondary N) is 1. The van der Waals surface area contributed by atoms with E-state index in [9.17, 15) is 14.3 Å². The Bertz CT molecular complexity index is 466. The molecule has 1 amide bonds. The van der Waals surface area contributed by atoms with Gasteiger partial charge in [0.1, 0.15) is 5.82 Å². The largest absolute Gasteiger partial charge is 0.388 e. The first-order chi connectivity index (χ1) is 8.35. The Morgan fingerprint density at radius 3 is 2.78 bits per heavy atom. The van der Waals surface area contributed by atoms with Gasteiger partial charge in [-0.3, -0.25) is 9.69 Å². The van der Waals surface area contributed by atoms with E-state index in [1.807, 2.05) is 4.90 Å². The van der Waals surface area contributed by atoms with Gasteiger partial charge in [-0.25, -0.2) is 4.39 Å². The minimum atomic E-state index is -0.684. The second kappa shape index (κ2) is 4.66. The molecule has 2 rings (SSSR count). The molecule has 4 nitrogen and oxygen atoms in total. The van der Waals surface area contributed by atoms with Crippen LogP contribution in [0.3, 0.4) is 0 Å². The van der Waals surface area contributed by atoms with Crippen molar-refractivity contribution in [2.24, 2.45) is 0 Å². The van der Waals surface area contributed by atoms with Gasteiger partial charge in [-0.05, 0) is 31.5 Å². The molecule has 1 fully saturated rings. The van der Waals surface area contributed by atoms with Gasteiger partial charge in [-0.2, -0.15) is 0 Å². The number of halogens is 1. The quantitative estimate of drug-likeness (QED) is 0.848. The molecule has 1 aliphatic heterocycles. The summed E-state index contributed by atoms with van der Waals surface area (Å²) in [5, 5.41) is 12.2. The van der Waals surface area contributed by atoms with Crippen LogP contribution in [0.25, 0.3) is 0 Å². The zero-order chi connectivity index (χ0) is 13.3. The van der Waals surface area contributed by atoms with Crippen molar-refractivity contribution in [1.82, 2.24) is 4.90 Å². The first-order valence-electron chi connectivity index (χ1n) is 5.86. The van der Waals surface area contributed by atoms with Crippen LogP contribution in [0, 0.1) is 12.7 Å². The Hall–Kier alpha value is -1.46. The van der Waals surface area contributed by atoms with Crippen molar-refractivity contribution in [3.8, 4) is 0 Å². The van der Waals surface area contributed by atoms with E-state index in [2.05, 4.69) is 5.32 Å². The fraction of sp³-hybridized carbons (Fsp3) is 0.462. The van der Waals surface area contributed by atoms with Crippen LogP contribution in [0.4, 0.5) is 10.1 Å². The summed E-state index contributed by atoms with van der Waals surface area (Å²) >= 11 is 0. The summed E-state index contributed by atoms with van der Waals surface area (Å²) in [6, 6.07) is 4.60. The summed E-state index contributed by atoms with van der Waals surface area (Å²) in [4.78, 5) is 13.5. The van der Waals surface area contributed by atoms with Gasteiger partial charge in [-0.1, -0.05) is 6.07 Å². The molecule has 18 heavy (non-hydrogen) atoms. The van der Waals surface area contributed by atoms with Crippen LogP contribution in [0.1, 0.15) is 12.5 Å². The van der Waals surface area contributed by atoms with Crippen molar-refractivity contribution in [3.05, 3.63) is 29.6 Å². The second-order valence-electron chi connectivity index (χ2n) is 5.15. The Morgan fingerprint density at radius 1 is 1.56 bits per heavy atom. The third kappa shape index (κ3) is 3.05. The third-order valence-electron chi connectivity index (χ3n) is 2.95. The van der Waals surface area contributed by atoms with Crippen molar-refractivity contribution in [3.63, 3.8) is 0 Å². The van der Waals surface area contributed by atoms with Crippen LogP contribution in [0.2, 0.25) is 0 Å². The molecule has 1 aromatic rings. The lowest BCUT2D eigenvalue weighted by Gasteiger charge is -2.43. The molecule has 0 aliphatic carbocycles. The van der Waals surface area contributed by atoms with E-state index >= 15 is 0 Å². The van der Waals surface area contributed by atoms with E-state index in [0.717, 1.165) is 0 Å². The summed E-state index contributed by atoms with van der Waals surface area (Å²) in [5.74, 6) is -0.534. The maximum absolute atomic E-state index is 13.3. The molecule has 1 aromatic carbocycles. The number of likely N-dealkylation sites (tertiary alicyclic amines) is 1. The average molecular weight is 252 g/mol. The van der Waals surface area contributed by atoms with Crippen molar-refractivity contribution < 1.29 is 14.3 Å². The number of aryl methyl sites for hydroxylation is 1. The van der Waals surface area contributed by atoms with Crippen LogP contribution in [0.5, 0.6) is 0 Å². The summed E-state index contributed by atoms with van der Waals surface area (Å²) < 4.78 is 13.3. The number of aliphatic hydroxyl groups is 1. The monoisotopic (exact) mass is 252 g/mol. The van der Waals surface area contributed by atoms with Crippen molar-refractivity contribution >= 4 is 11.6 Å². The van der Waals surface area contributed by atoms with Crippen molar-refractivity contribution in [2.45, 2.75) is 19.4 Å². The van der Waals surface area contributed by atoms with E-state index in [1.54, 1.807) is 26.0 Å². The summed E-state index contributed by atoms with van der Waals surface area (Å²) in [7, 11) is 0. The van der Waals surface area contributed by atoms with E-state index < -0.39 is 5.60 Å². The first kappa shape index (κ1) is 13.0. The molecule has 0 radical (unpaired) electrons. The molecule has 5 heteroatoms. The topological polar surface area (TPSA) is 52.6 Å². The van der Waals surface area contributed by atoms with Crippen LogP contribution >= 0.6 is 0 Å². The minimum Gasteiger partial charge on any atom is -0.388 e. The average Bonchev–Trinajstić information content (AvgIpc) is 2.21. The highest BCUT2D eigenvalue weighted by Crippen LogP contribution is 2.19. The highest BCUT2D eigenvalue weighted by molar-refractivity contribution is 5.92. The number of anilines is 1. The molecule has 98 valence electrons. The molecule has 0 aromatic heterocycles. The van der Waals surface area contributed by atoms with Gasteiger partial charge < -0.3 is 10.4 Å². The highest BCUT2D eigenvalue weighted by Gasteiger charge is 2.37. The number of hydrogen-bond acceptors (Lipinski definition) is 3. The van der Waals surface area contributed by atoms with Crippen LogP contribution in [-0.2, 0) is 4.79 Å². The number of β-amino-alcohol motifs (C(OH)–C–C–N with tert-alkyl or cyclic N) is 1. The Morgan fingerprint density at radius 2 is 2.22 bits per heavy atom. The molecule has 1 heterocycles. The van der Waals surface area contributed by atoms with E-state index in [1.165, 1.54) is 6.07 Å². The number of carbonyl (C=O) groups is 1. The van der Waals surface area contributed by atoms with E-state index in [4.69, 9.17) is 0 Å². The number of carbonyl (C=O) groups excluding carboxylic acids is 1. The molecule has 2 N–H and O–H groups in total. The molecule has 0 bridgehead atoms. The Kier molecular flexibility index (Phi) is 3.36. The molecule has 0 unspecified atom stereocenters. The van der Waals surface area contributed by atoms with Crippen LogP contribution < -0.4 is 5.32 Å². The van der Waals surface area contributed by atoms with Gasteiger partial charge in [0.25, 0.3) is 0 Å². The molecule has 1 saturated heterocycles. The molecular weight excluding hydrogens is 235 g/mol. The summed E-state index contributed by atoms with van der Waals surface area (Å²) in [6.45, 7) is 4.59. The fourth-order valence-electron chi connectivity index (χ4n) is 2.10. The van der Waals surface area contributed by atoms with Gasteiger partial charge in [0.15, 0.2) is 0 Å². The van der Waals surface area contributed by atoms with Crippen molar-refractivity contribution in [2.75, 3.05) is 25.0 Å². The van der Waals surface area contributed by atoms with Gasteiger partial charge >= 0.3 is 0 Å². The van der Waals surface area contributed by atoms with Crippen LogP contribution in [0.15, 0.2) is 18.2 Å². The minimum absolute atomic E-state index is 0.200. The normalized spacial score (nSPS) is 18.2. The zero-order valence-electron chi connectivity index (χ0n) is 10.5. The Balaban J connectivity index is 1.86. The number of rotatable bonds is 3. The highest BCUT2D eigenvalue weighted by atomic mass is 19.1. The Labute approximate surface area is 105 Å². The lowest BCUT2D eigenvalue weighted by atomic mass is 9.97. The van der Waals surface area contributed by atoms with E-state index in [0.29, 0.717) is 24.3 Å². The number of benzene rings is 1. The zero-order valence-corrected chi connectivity index (χ0v) is 10.5. The second-order valence-corrected chi connectivity index (χ2v) is 5.15. The fourth-order valence-corrected chi connectivity index (χ4v) is 2.10. The molecule has 1 aliphatic rings. The van der Waals surface area contributed by atoms with Crippen molar-refractivity contribution in [1.29, 1.82) is 0 Å². The first-order valence-corrected chi connectivity index (χ1v) is 5.86. The predicted molar refractivity (Wildman–Crippen MR) is 66.8 cm³/mol. The predicted octanol–water partition coefficient (Wildman–Crippen LogP) is 1.14. The molecule has 0 saturated carbocycles. The standard InChI is InChI=1S/C13H17FN2O2/c1-9-3-4-10(5-11(9)14)15-12(17)6-16-7-13(2,18)8-16/h3-5,18H,6-8H2,1-2H3,(H,15,17). The van der Waals surface area contributed by atoms with Crippen LogP contribution in [-0.4, -0.2) is 41.1 Å².